The first-order chi connectivity index (χ1) is 11.7. The molecule has 2 aromatic rings. The van der Waals surface area contributed by atoms with E-state index < -0.39 is 0 Å². The summed E-state index contributed by atoms with van der Waals surface area (Å²) in [5.41, 5.74) is 1.22. The van der Waals surface area contributed by atoms with Gasteiger partial charge in [0.2, 0.25) is 5.91 Å². The number of amides is 1. The highest BCUT2D eigenvalue weighted by Gasteiger charge is 2.22. The SMILES string of the molecule is C[C@H](SCc1ccccc1)C(=O)NC[C@H]1COc2ccccc2O1. The lowest BCUT2D eigenvalue weighted by Crippen LogP contribution is -2.42. The number of carbonyl (C=O) groups excluding carboxylic acids is 1. The lowest BCUT2D eigenvalue weighted by molar-refractivity contribution is -0.120. The molecule has 5 heteroatoms. The van der Waals surface area contributed by atoms with Gasteiger partial charge in [-0.2, -0.15) is 0 Å². The molecule has 1 heterocycles. The van der Waals surface area contributed by atoms with Crippen molar-refractivity contribution in [3.05, 3.63) is 60.2 Å². The predicted octanol–water partition coefficient (Wildman–Crippen LogP) is 3.26. The van der Waals surface area contributed by atoms with Gasteiger partial charge in [0.1, 0.15) is 12.7 Å². The quantitative estimate of drug-likeness (QED) is 0.874. The molecule has 24 heavy (non-hydrogen) atoms. The number of fused-ring (bicyclic) bond motifs is 1. The molecule has 126 valence electrons. The third-order valence-electron chi connectivity index (χ3n) is 3.78. The highest BCUT2D eigenvalue weighted by atomic mass is 32.2. The van der Waals surface area contributed by atoms with Crippen molar-refractivity contribution in [2.24, 2.45) is 0 Å². The summed E-state index contributed by atoms with van der Waals surface area (Å²) >= 11 is 1.63. The average molecular weight is 343 g/mol. The summed E-state index contributed by atoms with van der Waals surface area (Å²) in [7, 11) is 0. The minimum Gasteiger partial charge on any atom is -0.486 e. The van der Waals surface area contributed by atoms with Crippen molar-refractivity contribution in [3.8, 4) is 11.5 Å². The van der Waals surface area contributed by atoms with Crippen molar-refractivity contribution < 1.29 is 14.3 Å². The van der Waals surface area contributed by atoms with Crippen LogP contribution in [0.15, 0.2) is 54.6 Å². The second-order valence-corrected chi connectivity index (χ2v) is 7.01. The Labute approximate surface area is 146 Å². The Hall–Kier alpha value is -2.14. The largest absolute Gasteiger partial charge is 0.486 e. The number of ether oxygens (including phenoxy) is 2. The molecule has 0 aromatic heterocycles. The Kier molecular flexibility index (Phi) is 5.64. The molecule has 2 aromatic carbocycles. The molecule has 0 aliphatic carbocycles. The van der Waals surface area contributed by atoms with E-state index in [0.717, 1.165) is 17.3 Å². The number of thioether (sulfide) groups is 1. The molecule has 0 unspecified atom stereocenters. The fraction of sp³-hybridized carbons (Fsp3) is 0.316. The van der Waals surface area contributed by atoms with Gasteiger partial charge in [-0.1, -0.05) is 42.5 Å². The third kappa shape index (κ3) is 4.45. The molecule has 0 radical (unpaired) electrons. The smallest absolute Gasteiger partial charge is 0.232 e. The maximum atomic E-state index is 12.2. The van der Waals surface area contributed by atoms with Crippen LogP contribution in [0.2, 0.25) is 0 Å². The molecule has 0 saturated carbocycles. The number of hydrogen-bond acceptors (Lipinski definition) is 4. The van der Waals surface area contributed by atoms with Gasteiger partial charge < -0.3 is 14.8 Å². The maximum Gasteiger partial charge on any atom is 0.232 e. The number of nitrogens with one attached hydrogen (secondary N) is 1. The van der Waals surface area contributed by atoms with Gasteiger partial charge in [0, 0.05) is 5.75 Å². The summed E-state index contributed by atoms with van der Waals surface area (Å²) in [5.74, 6) is 2.34. The Morgan fingerprint density at radius 1 is 1.17 bits per heavy atom. The first-order valence-corrected chi connectivity index (χ1v) is 9.09. The zero-order valence-corrected chi connectivity index (χ0v) is 14.4. The molecule has 0 fully saturated rings. The second kappa shape index (κ2) is 8.11. The molecular formula is C19H21NO3S. The first-order valence-electron chi connectivity index (χ1n) is 8.04. The predicted molar refractivity (Wildman–Crippen MR) is 96.6 cm³/mol. The Balaban J connectivity index is 1.42. The second-order valence-electron chi connectivity index (χ2n) is 5.68. The Morgan fingerprint density at radius 3 is 2.67 bits per heavy atom. The minimum atomic E-state index is -0.157. The highest BCUT2D eigenvalue weighted by Crippen LogP contribution is 2.30. The van der Waals surface area contributed by atoms with E-state index in [1.165, 1.54) is 5.56 Å². The molecule has 4 nitrogen and oxygen atoms in total. The van der Waals surface area contributed by atoms with Gasteiger partial charge in [-0.25, -0.2) is 0 Å². The van der Waals surface area contributed by atoms with E-state index in [0.29, 0.717) is 13.2 Å². The van der Waals surface area contributed by atoms with Crippen molar-refractivity contribution in [3.63, 3.8) is 0 Å². The van der Waals surface area contributed by atoms with Crippen molar-refractivity contribution >= 4 is 17.7 Å². The van der Waals surface area contributed by atoms with Crippen LogP contribution in [0.1, 0.15) is 12.5 Å². The van der Waals surface area contributed by atoms with Gasteiger partial charge in [-0.05, 0) is 24.6 Å². The first kappa shape index (κ1) is 16.7. The molecule has 0 bridgehead atoms. The number of benzene rings is 2. The van der Waals surface area contributed by atoms with Crippen LogP contribution in [0, 0.1) is 0 Å². The summed E-state index contributed by atoms with van der Waals surface area (Å²) in [6.07, 6.45) is -0.157. The fourth-order valence-electron chi connectivity index (χ4n) is 2.39. The van der Waals surface area contributed by atoms with E-state index in [1.807, 2.05) is 49.4 Å². The monoisotopic (exact) mass is 343 g/mol. The van der Waals surface area contributed by atoms with Gasteiger partial charge in [0.25, 0.3) is 0 Å². The van der Waals surface area contributed by atoms with Gasteiger partial charge in [0.05, 0.1) is 11.8 Å². The van der Waals surface area contributed by atoms with Crippen LogP contribution in [0.4, 0.5) is 0 Å². The van der Waals surface area contributed by atoms with Crippen LogP contribution >= 0.6 is 11.8 Å². The van der Waals surface area contributed by atoms with Crippen LogP contribution in [-0.4, -0.2) is 30.4 Å². The molecule has 2 atom stereocenters. The van der Waals surface area contributed by atoms with E-state index in [9.17, 15) is 4.79 Å². The summed E-state index contributed by atoms with van der Waals surface area (Å²) in [5, 5.41) is 2.85. The average Bonchev–Trinajstić information content (AvgIpc) is 2.64. The van der Waals surface area contributed by atoms with Gasteiger partial charge in [-0.15, -0.1) is 11.8 Å². The van der Waals surface area contributed by atoms with E-state index in [2.05, 4.69) is 17.4 Å². The number of para-hydroxylation sites is 2. The zero-order chi connectivity index (χ0) is 16.8. The lowest BCUT2D eigenvalue weighted by atomic mass is 10.2. The molecule has 0 saturated heterocycles. The number of carbonyl (C=O) groups is 1. The van der Waals surface area contributed by atoms with Gasteiger partial charge in [-0.3, -0.25) is 4.79 Å². The summed E-state index contributed by atoms with van der Waals surface area (Å²) in [6.45, 7) is 2.82. The molecular weight excluding hydrogens is 322 g/mol. The van der Waals surface area contributed by atoms with E-state index in [1.54, 1.807) is 11.8 Å². The molecule has 1 amide bonds. The van der Waals surface area contributed by atoms with Crippen LogP contribution in [0.3, 0.4) is 0 Å². The molecule has 1 N–H and O–H groups in total. The highest BCUT2D eigenvalue weighted by molar-refractivity contribution is 7.99. The number of hydrogen-bond donors (Lipinski definition) is 1. The zero-order valence-electron chi connectivity index (χ0n) is 13.6. The van der Waals surface area contributed by atoms with Crippen molar-refractivity contribution in [2.45, 2.75) is 24.0 Å². The summed E-state index contributed by atoms with van der Waals surface area (Å²) < 4.78 is 11.5. The summed E-state index contributed by atoms with van der Waals surface area (Å²) in [4.78, 5) is 12.2. The maximum absolute atomic E-state index is 12.2. The Bertz CT molecular complexity index is 677. The van der Waals surface area contributed by atoms with Gasteiger partial charge >= 0.3 is 0 Å². The lowest BCUT2D eigenvalue weighted by Gasteiger charge is -2.26. The van der Waals surface area contributed by atoms with Crippen molar-refractivity contribution in [1.82, 2.24) is 5.32 Å². The topological polar surface area (TPSA) is 47.6 Å². The van der Waals surface area contributed by atoms with Crippen molar-refractivity contribution in [1.29, 1.82) is 0 Å². The minimum absolute atomic E-state index is 0.0263. The van der Waals surface area contributed by atoms with Gasteiger partial charge in [0.15, 0.2) is 11.5 Å². The van der Waals surface area contributed by atoms with Crippen molar-refractivity contribution in [2.75, 3.05) is 13.2 Å². The standard InChI is InChI=1S/C19H21NO3S/c1-14(24-13-15-7-3-2-4-8-15)19(21)20-11-16-12-22-17-9-5-6-10-18(17)23-16/h2-10,14,16H,11-13H2,1H3,(H,20,21)/t14-,16-/m0/s1. The van der Waals surface area contributed by atoms with E-state index >= 15 is 0 Å². The van der Waals surface area contributed by atoms with Crippen LogP contribution in [0.5, 0.6) is 11.5 Å². The van der Waals surface area contributed by atoms with Crippen LogP contribution in [-0.2, 0) is 10.5 Å². The molecule has 1 aliphatic rings. The van der Waals surface area contributed by atoms with Crippen LogP contribution in [0.25, 0.3) is 0 Å². The Morgan fingerprint density at radius 2 is 1.88 bits per heavy atom. The van der Waals surface area contributed by atoms with E-state index in [-0.39, 0.29) is 17.3 Å². The fourth-order valence-corrected chi connectivity index (χ4v) is 3.26. The third-order valence-corrected chi connectivity index (χ3v) is 5.00. The molecule has 0 spiro atoms. The summed E-state index contributed by atoms with van der Waals surface area (Å²) in [6, 6.07) is 17.7. The molecule has 1 aliphatic heterocycles. The normalized spacial score (nSPS) is 17.1. The van der Waals surface area contributed by atoms with Crippen LogP contribution < -0.4 is 14.8 Å². The number of rotatable bonds is 6. The molecule has 3 rings (SSSR count). The van der Waals surface area contributed by atoms with E-state index in [4.69, 9.17) is 9.47 Å².